The van der Waals surface area contributed by atoms with Crippen LogP contribution in [0.15, 0.2) is 30.3 Å². The fourth-order valence-corrected chi connectivity index (χ4v) is 2.80. The molecule has 1 aliphatic heterocycles. The van der Waals surface area contributed by atoms with Crippen molar-refractivity contribution >= 4 is 12.0 Å². The summed E-state index contributed by atoms with van der Waals surface area (Å²) in [5, 5.41) is 2.89. The summed E-state index contributed by atoms with van der Waals surface area (Å²) in [6.45, 7) is 6.92. The second-order valence-corrected chi connectivity index (χ2v) is 7.29. The summed E-state index contributed by atoms with van der Waals surface area (Å²) in [6, 6.07) is 10.1. The number of aryl methyl sites for hydroxylation is 1. The van der Waals surface area contributed by atoms with Gasteiger partial charge in [0, 0.05) is 25.6 Å². The minimum absolute atomic E-state index is 0.0815. The molecule has 0 saturated carbocycles. The number of piperidine rings is 1. The van der Waals surface area contributed by atoms with Gasteiger partial charge in [-0.2, -0.15) is 0 Å². The number of likely N-dealkylation sites (tertiary alicyclic amines) is 1. The fourth-order valence-electron chi connectivity index (χ4n) is 2.80. The van der Waals surface area contributed by atoms with Crippen LogP contribution in [-0.2, 0) is 16.0 Å². The van der Waals surface area contributed by atoms with E-state index in [-0.39, 0.29) is 18.0 Å². The molecule has 1 saturated heterocycles. The molecule has 2 rings (SSSR count). The first-order valence-corrected chi connectivity index (χ1v) is 8.65. The zero-order chi connectivity index (χ0) is 17.6. The molecular weight excluding hydrogens is 304 g/mol. The van der Waals surface area contributed by atoms with E-state index in [4.69, 9.17) is 4.74 Å². The number of rotatable bonds is 4. The maximum Gasteiger partial charge on any atom is 0.407 e. The number of carbonyl (C=O) groups excluding carboxylic acids is 2. The van der Waals surface area contributed by atoms with E-state index in [2.05, 4.69) is 5.32 Å². The molecule has 1 aliphatic rings. The Bertz CT molecular complexity index is 543. The van der Waals surface area contributed by atoms with Crippen LogP contribution >= 0.6 is 0 Å². The average molecular weight is 332 g/mol. The van der Waals surface area contributed by atoms with Crippen molar-refractivity contribution in [2.24, 2.45) is 0 Å². The van der Waals surface area contributed by atoms with E-state index < -0.39 is 5.60 Å². The van der Waals surface area contributed by atoms with E-state index in [1.807, 2.05) is 56.0 Å². The summed E-state index contributed by atoms with van der Waals surface area (Å²) in [5.74, 6) is 0.189. The number of carbonyl (C=O) groups is 2. The summed E-state index contributed by atoms with van der Waals surface area (Å²) < 4.78 is 5.27. The molecule has 1 heterocycles. The van der Waals surface area contributed by atoms with Gasteiger partial charge in [-0.15, -0.1) is 0 Å². The predicted molar refractivity (Wildman–Crippen MR) is 93.7 cm³/mol. The van der Waals surface area contributed by atoms with Crippen molar-refractivity contribution in [1.82, 2.24) is 10.2 Å². The third kappa shape index (κ3) is 6.22. The van der Waals surface area contributed by atoms with Crippen molar-refractivity contribution in [3.63, 3.8) is 0 Å². The summed E-state index contributed by atoms with van der Waals surface area (Å²) in [7, 11) is 0. The van der Waals surface area contributed by atoms with Crippen molar-refractivity contribution in [2.75, 3.05) is 13.1 Å². The lowest BCUT2D eigenvalue weighted by Gasteiger charge is -2.33. The average Bonchev–Trinajstić information content (AvgIpc) is 2.52. The molecule has 132 valence electrons. The van der Waals surface area contributed by atoms with E-state index >= 15 is 0 Å². The molecule has 0 aliphatic carbocycles. The van der Waals surface area contributed by atoms with Crippen molar-refractivity contribution in [1.29, 1.82) is 0 Å². The summed E-state index contributed by atoms with van der Waals surface area (Å²) in [5.41, 5.74) is 0.699. The Morgan fingerprint density at radius 3 is 2.38 bits per heavy atom. The van der Waals surface area contributed by atoms with Crippen molar-refractivity contribution in [3.05, 3.63) is 35.9 Å². The molecule has 1 aromatic rings. The van der Waals surface area contributed by atoms with E-state index in [0.717, 1.165) is 19.3 Å². The monoisotopic (exact) mass is 332 g/mol. The zero-order valence-electron chi connectivity index (χ0n) is 14.9. The first-order chi connectivity index (χ1) is 11.3. The molecule has 1 aromatic carbocycles. The molecule has 0 atom stereocenters. The van der Waals surface area contributed by atoms with Crippen LogP contribution in [-0.4, -0.2) is 41.6 Å². The highest BCUT2D eigenvalue weighted by molar-refractivity contribution is 5.76. The minimum atomic E-state index is -0.488. The van der Waals surface area contributed by atoms with Gasteiger partial charge < -0.3 is 15.0 Å². The number of amides is 2. The lowest BCUT2D eigenvalue weighted by atomic mass is 10.0. The maximum absolute atomic E-state index is 12.3. The Kier molecular flexibility index (Phi) is 6.23. The van der Waals surface area contributed by atoms with E-state index in [9.17, 15) is 9.59 Å². The molecule has 0 spiro atoms. The molecular formula is C19H28N2O3. The smallest absolute Gasteiger partial charge is 0.407 e. The van der Waals surface area contributed by atoms with Crippen molar-refractivity contribution < 1.29 is 14.3 Å². The number of hydrogen-bond acceptors (Lipinski definition) is 3. The molecule has 1 fully saturated rings. The largest absolute Gasteiger partial charge is 0.444 e. The molecule has 5 nitrogen and oxygen atoms in total. The Morgan fingerprint density at radius 2 is 1.79 bits per heavy atom. The molecule has 2 amide bonds. The van der Waals surface area contributed by atoms with Crippen LogP contribution in [0.25, 0.3) is 0 Å². The number of nitrogens with one attached hydrogen (secondary N) is 1. The Hall–Kier alpha value is -2.04. The maximum atomic E-state index is 12.3. The quantitative estimate of drug-likeness (QED) is 0.921. The summed E-state index contributed by atoms with van der Waals surface area (Å²) in [4.78, 5) is 26.0. The van der Waals surface area contributed by atoms with Crippen LogP contribution < -0.4 is 5.32 Å². The SMILES string of the molecule is CC(C)(C)OC(=O)NC1CCN(C(=O)CCc2ccccc2)CC1. The van der Waals surface area contributed by atoms with Crippen LogP contribution in [0.4, 0.5) is 4.79 Å². The van der Waals surface area contributed by atoms with Gasteiger partial charge in [-0.3, -0.25) is 4.79 Å². The van der Waals surface area contributed by atoms with Crippen LogP contribution in [0.2, 0.25) is 0 Å². The molecule has 24 heavy (non-hydrogen) atoms. The molecule has 0 bridgehead atoms. The third-order valence-electron chi connectivity index (χ3n) is 4.04. The van der Waals surface area contributed by atoms with Gasteiger partial charge >= 0.3 is 6.09 Å². The van der Waals surface area contributed by atoms with Gasteiger partial charge in [0.05, 0.1) is 0 Å². The van der Waals surface area contributed by atoms with Crippen LogP contribution in [0.3, 0.4) is 0 Å². The minimum Gasteiger partial charge on any atom is -0.444 e. The number of nitrogens with zero attached hydrogens (tertiary/aromatic N) is 1. The van der Waals surface area contributed by atoms with Gasteiger partial charge in [0.15, 0.2) is 0 Å². The van der Waals surface area contributed by atoms with Gasteiger partial charge in [-0.25, -0.2) is 4.79 Å². The summed E-state index contributed by atoms with van der Waals surface area (Å²) in [6.07, 6.45) is 2.48. The van der Waals surface area contributed by atoms with Crippen LogP contribution in [0, 0.1) is 0 Å². The Balaban J connectivity index is 1.70. The number of benzene rings is 1. The van der Waals surface area contributed by atoms with Crippen molar-refractivity contribution in [2.45, 2.75) is 58.1 Å². The fraction of sp³-hybridized carbons (Fsp3) is 0.579. The van der Waals surface area contributed by atoms with Crippen LogP contribution in [0.5, 0.6) is 0 Å². The van der Waals surface area contributed by atoms with E-state index in [1.54, 1.807) is 0 Å². The van der Waals surface area contributed by atoms with Crippen molar-refractivity contribution in [3.8, 4) is 0 Å². The van der Waals surface area contributed by atoms with Gasteiger partial charge in [-0.1, -0.05) is 30.3 Å². The number of alkyl carbamates (subject to hydrolysis) is 1. The first-order valence-electron chi connectivity index (χ1n) is 8.65. The Morgan fingerprint density at radius 1 is 1.17 bits per heavy atom. The first kappa shape index (κ1) is 18.3. The van der Waals surface area contributed by atoms with E-state index in [1.165, 1.54) is 5.56 Å². The lowest BCUT2D eigenvalue weighted by molar-refractivity contribution is -0.132. The van der Waals surface area contributed by atoms with Gasteiger partial charge in [0.2, 0.25) is 5.91 Å². The second-order valence-electron chi connectivity index (χ2n) is 7.29. The third-order valence-corrected chi connectivity index (χ3v) is 4.04. The highest BCUT2D eigenvalue weighted by Gasteiger charge is 2.25. The molecule has 0 radical (unpaired) electrons. The molecule has 0 unspecified atom stereocenters. The highest BCUT2D eigenvalue weighted by Crippen LogP contribution is 2.14. The highest BCUT2D eigenvalue weighted by atomic mass is 16.6. The molecule has 1 N–H and O–H groups in total. The van der Waals surface area contributed by atoms with Gasteiger partial charge in [0.25, 0.3) is 0 Å². The lowest BCUT2D eigenvalue weighted by Crippen LogP contribution is -2.47. The van der Waals surface area contributed by atoms with Crippen LogP contribution in [0.1, 0.15) is 45.6 Å². The zero-order valence-corrected chi connectivity index (χ0v) is 14.9. The standard InChI is InChI=1S/C19H28N2O3/c1-19(2,3)24-18(23)20-16-11-13-21(14-12-16)17(22)10-9-15-7-5-4-6-8-15/h4-8,16H,9-14H2,1-3H3,(H,20,23). The van der Waals surface area contributed by atoms with E-state index in [0.29, 0.717) is 19.5 Å². The normalized spacial score (nSPS) is 15.9. The van der Waals surface area contributed by atoms with Gasteiger partial charge in [0.1, 0.15) is 5.60 Å². The molecule has 5 heteroatoms. The summed E-state index contributed by atoms with van der Waals surface area (Å²) >= 11 is 0. The Labute approximate surface area is 144 Å². The predicted octanol–water partition coefficient (Wildman–Crippen LogP) is 3.13. The molecule has 0 aromatic heterocycles. The topological polar surface area (TPSA) is 58.6 Å². The van der Waals surface area contributed by atoms with Gasteiger partial charge in [-0.05, 0) is 45.6 Å². The number of hydrogen-bond donors (Lipinski definition) is 1. The number of ether oxygens (including phenoxy) is 1. The second kappa shape index (κ2) is 8.18.